The van der Waals surface area contributed by atoms with Crippen molar-refractivity contribution in [3.05, 3.63) is 28.2 Å². The summed E-state index contributed by atoms with van der Waals surface area (Å²) in [6.45, 7) is 7.69. The van der Waals surface area contributed by atoms with E-state index in [1.165, 1.54) is 19.5 Å². The summed E-state index contributed by atoms with van der Waals surface area (Å²) >= 11 is 12.0. The van der Waals surface area contributed by atoms with Crippen molar-refractivity contribution in [3.63, 3.8) is 0 Å². The lowest BCUT2D eigenvalue weighted by Gasteiger charge is -2.26. The molecule has 4 nitrogen and oxygen atoms in total. The SMILES string of the molecule is C[C@@H]1CCN(CCN2CCC[C@@H]2C(=O)Nc2cc(Cl)cc(Cl)c2)C1. The van der Waals surface area contributed by atoms with Gasteiger partial charge in [-0.3, -0.25) is 9.69 Å². The molecule has 0 saturated carbocycles. The number of nitrogens with zero attached hydrogens (tertiary/aromatic N) is 2. The molecular formula is C18H25Cl2N3O. The van der Waals surface area contributed by atoms with Crippen LogP contribution in [0.3, 0.4) is 0 Å². The fourth-order valence-corrected chi connectivity index (χ4v) is 4.27. The number of nitrogens with one attached hydrogen (secondary N) is 1. The zero-order valence-electron chi connectivity index (χ0n) is 14.1. The van der Waals surface area contributed by atoms with Gasteiger partial charge in [-0.05, 0) is 56.5 Å². The normalized spacial score (nSPS) is 25.3. The standard InChI is InChI=1S/C18H25Cl2N3O/c1-13-4-6-22(12-13)7-8-23-5-2-3-17(23)18(24)21-16-10-14(19)9-15(20)11-16/h9-11,13,17H,2-8,12H2,1H3,(H,21,24)/t13-,17-/m1/s1. The minimum atomic E-state index is -0.0530. The van der Waals surface area contributed by atoms with E-state index in [4.69, 9.17) is 23.2 Å². The quantitative estimate of drug-likeness (QED) is 0.858. The van der Waals surface area contributed by atoms with Crippen molar-refractivity contribution in [1.82, 2.24) is 9.80 Å². The van der Waals surface area contributed by atoms with E-state index in [9.17, 15) is 4.79 Å². The molecule has 1 aromatic carbocycles. The second kappa shape index (κ2) is 8.05. The number of carbonyl (C=O) groups is 1. The zero-order chi connectivity index (χ0) is 17.1. The molecule has 0 aromatic heterocycles. The van der Waals surface area contributed by atoms with Crippen molar-refractivity contribution in [2.24, 2.45) is 5.92 Å². The summed E-state index contributed by atoms with van der Waals surface area (Å²) < 4.78 is 0. The summed E-state index contributed by atoms with van der Waals surface area (Å²) in [6.07, 6.45) is 3.28. The van der Waals surface area contributed by atoms with E-state index in [-0.39, 0.29) is 11.9 Å². The largest absolute Gasteiger partial charge is 0.325 e. The fraction of sp³-hybridized carbons (Fsp3) is 0.611. The molecule has 0 aliphatic carbocycles. The van der Waals surface area contributed by atoms with E-state index in [0.717, 1.165) is 38.4 Å². The summed E-state index contributed by atoms with van der Waals surface area (Å²) in [5.74, 6) is 0.843. The van der Waals surface area contributed by atoms with Crippen molar-refractivity contribution >= 4 is 34.8 Å². The number of anilines is 1. The highest BCUT2D eigenvalue weighted by Crippen LogP contribution is 2.24. The van der Waals surface area contributed by atoms with Crippen molar-refractivity contribution < 1.29 is 4.79 Å². The summed E-state index contributed by atoms with van der Waals surface area (Å²) in [5, 5.41) is 4.03. The molecule has 2 aliphatic heterocycles. The second-order valence-corrected chi connectivity index (χ2v) is 7.91. The predicted molar refractivity (Wildman–Crippen MR) is 99.9 cm³/mol. The van der Waals surface area contributed by atoms with Crippen molar-refractivity contribution in [2.75, 3.05) is 38.0 Å². The minimum absolute atomic E-state index is 0.0422. The van der Waals surface area contributed by atoms with E-state index in [1.54, 1.807) is 18.2 Å². The Morgan fingerprint density at radius 2 is 1.92 bits per heavy atom. The Labute approximate surface area is 154 Å². The van der Waals surface area contributed by atoms with Crippen LogP contribution < -0.4 is 5.32 Å². The Balaban J connectivity index is 1.55. The number of benzene rings is 1. The number of hydrogen-bond donors (Lipinski definition) is 1. The maximum atomic E-state index is 12.6. The van der Waals surface area contributed by atoms with Crippen LogP contribution in [0.1, 0.15) is 26.2 Å². The van der Waals surface area contributed by atoms with Crippen LogP contribution in [0.15, 0.2) is 18.2 Å². The third-order valence-electron chi connectivity index (χ3n) is 5.01. The molecule has 1 aromatic rings. The Bertz CT molecular complexity index is 575. The smallest absolute Gasteiger partial charge is 0.241 e. The Morgan fingerprint density at radius 1 is 1.17 bits per heavy atom. The average Bonchev–Trinajstić information content (AvgIpc) is 3.12. The first kappa shape index (κ1) is 18.0. The molecule has 1 N–H and O–H groups in total. The first-order chi connectivity index (χ1) is 11.5. The molecule has 0 radical (unpaired) electrons. The Kier molecular flexibility index (Phi) is 6.03. The molecule has 0 spiro atoms. The van der Waals surface area contributed by atoms with E-state index in [2.05, 4.69) is 22.0 Å². The zero-order valence-corrected chi connectivity index (χ0v) is 15.6. The summed E-state index contributed by atoms with van der Waals surface area (Å²) in [6, 6.07) is 5.08. The van der Waals surface area contributed by atoms with Crippen molar-refractivity contribution in [3.8, 4) is 0 Å². The maximum Gasteiger partial charge on any atom is 0.241 e. The van der Waals surface area contributed by atoms with E-state index >= 15 is 0 Å². The van der Waals surface area contributed by atoms with Gasteiger partial charge in [0.1, 0.15) is 0 Å². The molecule has 6 heteroatoms. The molecule has 0 unspecified atom stereocenters. The van der Waals surface area contributed by atoms with Crippen LogP contribution in [0, 0.1) is 5.92 Å². The molecule has 24 heavy (non-hydrogen) atoms. The Hall–Kier alpha value is -0.810. The highest BCUT2D eigenvalue weighted by molar-refractivity contribution is 6.35. The topological polar surface area (TPSA) is 35.6 Å². The molecule has 0 bridgehead atoms. The number of carbonyl (C=O) groups excluding carboxylic acids is 1. The monoisotopic (exact) mass is 369 g/mol. The number of halogens is 2. The molecule has 2 fully saturated rings. The van der Waals surface area contributed by atoms with Gasteiger partial charge in [0, 0.05) is 35.4 Å². The van der Waals surface area contributed by atoms with Gasteiger partial charge < -0.3 is 10.2 Å². The highest BCUT2D eigenvalue weighted by Gasteiger charge is 2.31. The van der Waals surface area contributed by atoms with Crippen LogP contribution in [0.2, 0.25) is 10.0 Å². The highest BCUT2D eigenvalue weighted by atomic mass is 35.5. The third-order valence-corrected chi connectivity index (χ3v) is 5.44. The van der Waals surface area contributed by atoms with Crippen LogP contribution in [0.25, 0.3) is 0 Å². The van der Waals surface area contributed by atoms with Gasteiger partial charge in [-0.15, -0.1) is 0 Å². The fourth-order valence-electron chi connectivity index (χ4n) is 3.74. The predicted octanol–water partition coefficient (Wildman–Crippen LogP) is 3.74. The number of hydrogen-bond acceptors (Lipinski definition) is 3. The molecule has 2 aliphatic rings. The van der Waals surface area contributed by atoms with Crippen molar-refractivity contribution in [2.45, 2.75) is 32.2 Å². The molecule has 2 atom stereocenters. The van der Waals surface area contributed by atoms with Crippen LogP contribution in [0.4, 0.5) is 5.69 Å². The van der Waals surface area contributed by atoms with E-state index in [0.29, 0.717) is 15.7 Å². The summed E-state index contributed by atoms with van der Waals surface area (Å²) in [4.78, 5) is 17.5. The van der Waals surface area contributed by atoms with Gasteiger partial charge in [0.05, 0.1) is 6.04 Å². The van der Waals surface area contributed by atoms with Gasteiger partial charge in [0.15, 0.2) is 0 Å². The summed E-state index contributed by atoms with van der Waals surface area (Å²) in [7, 11) is 0. The van der Waals surface area contributed by atoms with Gasteiger partial charge in [-0.2, -0.15) is 0 Å². The first-order valence-corrected chi connectivity index (χ1v) is 9.50. The number of amides is 1. The average molecular weight is 370 g/mol. The summed E-state index contributed by atoms with van der Waals surface area (Å²) in [5.41, 5.74) is 0.665. The lowest BCUT2D eigenvalue weighted by atomic mass is 10.2. The number of likely N-dealkylation sites (tertiary alicyclic amines) is 2. The van der Waals surface area contributed by atoms with Crippen LogP contribution in [-0.2, 0) is 4.79 Å². The number of rotatable bonds is 5. The van der Waals surface area contributed by atoms with Gasteiger partial charge in [-0.25, -0.2) is 0 Å². The van der Waals surface area contributed by atoms with E-state index < -0.39 is 0 Å². The van der Waals surface area contributed by atoms with Crippen LogP contribution >= 0.6 is 23.2 Å². The molecule has 1 amide bonds. The third kappa shape index (κ3) is 4.63. The van der Waals surface area contributed by atoms with E-state index in [1.807, 2.05) is 0 Å². The van der Waals surface area contributed by atoms with Crippen LogP contribution in [-0.4, -0.2) is 54.5 Å². The molecule has 2 saturated heterocycles. The molecular weight excluding hydrogens is 345 g/mol. The van der Waals surface area contributed by atoms with Crippen LogP contribution in [0.5, 0.6) is 0 Å². The second-order valence-electron chi connectivity index (χ2n) is 7.04. The van der Waals surface area contributed by atoms with Gasteiger partial charge in [0.25, 0.3) is 0 Å². The van der Waals surface area contributed by atoms with Gasteiger partial charge in [0.2, 0.25) is 5.91 Å². The van der Waals surface area contributed by atoms with Gasteiger partial charge in [-0.1, -0.05) is 30.1 Å². The van der Waals surface area contributed by atoms with Gasteiger partial charge >= 0.3 is 0 Å². The lowest BCUT2D eigenvalue weighted by Crippen LogP contribution is -2.43. The molecule has 3 rings (SSSR count). The first-order valence-electron chi connectivity index (χ1n) is 8.74. The molecule has 132 valence electrons. The maximum absolute atomic E-state index is 12.6. The Morgan fingerprint density at radius 3 is 2.58 bits per heavy atom. The molecule has 2 heterocycles. The van der Waals surface area contributed by atoms with Crippen molar-refractivity contribution in [1.29, 1.82) is 0 Å². The minimum Gasteiger partial charge on any atom is -0.325 e. The lowest BCUT2D eigenvalue weighted by molar-refractivity contribution is -0.120.